The molecule has 1 saturated heterocycles. The second-order valence-corrected chi connectivity index (χ2v) is 7.63. The summed E-state index contributed by atoms with van der Waals surface area (Å²) in [5.74, 6) is 2.26. The van der Waals surface area contributed by atoms with E-state index in [2.05, 4.69) is 16.0 Å². The minimum absolute atomic E-state index is 0.0642. The van der Waals surface area contributed by atoms with E-state index >= 15 is 0 Å². The van der Waals surface area contributed by atoms with Crippen LogP contribution in [0.5, 0.6) is 5.75 Å². The van der Waals surface area contributed by atoms with Gasteiger partial charge in [0.25, 0.3) is 0 Å². The third kappa shape index (κ3) is 2.74. The number of methoxy groups -OCH3 is 1. The molecule has 2 N–H and O–H groups in total. The Labute approximate surface area is 145 Å². The van der Waals surface area contributed by atoms with Gasteiger partial charge in [-0.15, -0.1) is 11.8 Å². The fourth-order valence-corrected chi connectivity index (χ4v) is 4.79. The molecule has 126 valence electrons. The maximum Gasteiger partial charge on any atom is 0.234 e. The standard InChI is InChI=1S/C18H21N3O2S/c1-23-12-2-3-15-13(7-12)14-6-11(10-24-17(14)8-20-15)9-21-5-4-16(21)18(19)22/h2-3,7-8,11,16H,4-6,9-10H2,1H3,(H2,19,22). The molecule has 2 unspecified atom stereocenters. The SMILES string of the molecule is COc1ccc2ncc3c(c2c1)CC(CN1CCC1C(N)=O)CS3. The van der Waals surface area contributed by atoms with E-state index in [4.69, 9.17) is 10.5 Å². The summed E-state index contributed by atoms with van der Waals surface area (Å²) < 4.78 is 5.38. The number of fused-ring (bicyclic) bond motifs is 3. The van der Waals surface area contributed by atoms with E-state index in [1.165, 1.54) is 15.8 Å². The van der Waals surface area contributed by atoms with Crippen molar-refractivity contribution < 1.29 is 9.53 Å². The predicted molar refractivity (Wildman–Crippen MR) is 95.4 cm³/mol. The van der Waals surface area contributed by atoms with E-state index in [0.717, 1.165) is 43.0 Å². The van der Waals surface area contributed by atoms with E-state index in [-0.39, 0.29) is 11.9 Å². The van der Waals surface area contributed by atoms with Crippen LogP contribution in [0.2, 0.25) is 0 Å². The van der Waals surface area contributed by atoms with E-state index in [0.29, 0.717) is 5.92 Å². The number of hydrogen-bond acceptors (Lipinski definition) is 5. The number of amides is 1. The van der Waals surface area contributed by atoms with Gasteiger partial charge in [-0.2, -0.15) is 0 Å². The first kappa shape index (κ1) is 15.7. The molecule has 2 atom stereocenters. The topological polar surface area (TPSA) is 68.4 Å². The Balaban J connectivity index is 1.59. The van der Waals surface area contributed by atoms with Crippen molar-refractivity contribution in [1.29, 1.82) is 0 Å². The van der Waals surface area contributed by atoms with Crippen molar-refractivity contribution in [3.05, 3.63) is 30.0 Å². The van der Waals surface area contributed by atoms with Gasteiger partial charge < -0.3 is 10.5 Å². The van der Waals surface area contributed by atoms with Gasteiger partial charge >= 0.3 is 0 Å². The number of rotatable bonds is 4. The third-order valence-corrected chi connectivity index (χ3v) is 6.37. The lowest BCUT2D eigenvalue weighted by atomic mass is 9.93. The van der Waals surface area contributed by atoms with Crippen LogP contribution in [0.3, 0.4) is 0 Å². The van der Waals surface area contributed by atoms with Crippen LogP contribution < -0.4 is 10.5 Å². The van der Waals surface area contributed by atoms with Gasteiger partial charge in [0.1, 0.15) is 5.75 Å². The first-order chi connectivity index (χ1) is 11.7. The van der Waals surface area contributed by atoms with Crippen LogP contribution in [-0.4, -0.2) is 47.8 Å². The zero-order valence-corrected chi connectivity index (χ0v) is 14.5. The highest BCUT2D eigenvalue weighted by Gasteiger charge is 2.35. The van der Waals surface area contributed by atoms with Crippen molar-refractivity contribution in [2.75, 3.05) is 26.0 Å². The van der Waals surface area contributed by atoms with E-state index in [1.54, 1.807) is 7.11 Å². The molecule has 0 saturated carbocycles. The zero-order chi connectivity index (χ0) is 16.7. The number of benzene rings is 1. The van der Waals surface area contributed by atoms with Gasteiger partial charge in [0, 0.05) is 35.3 Å². The van der Waals surface area contributed by atoms with E-state index in [1.807, 2.05) is 30.1 Å². The van der Waals surface area contributed by atoms with Gasteiger partial charge in [0.15, 0.2) is 0 Å². The summed E-state index contributed by atoms with van der Waals surface area (Å²) in [5.41, 5.74) is 7.83. The molecule has 0 spiro atoms. The summed E-state index contributed by atoms with van der Waals surface area (Å²) >= 11 is 1.87. The molecule has 0 aliphatic carbocycles. The molecule has 0 radical (unpaired) electrons. The Morgan fingerprint density at radius 3 is 3.08 bits per heavy atom. The van der Waals surface area contributed by atoms with E-state index in [9.17, 15) is 4.79 Å². The highest BCUT2D eigenvalue weighted by atomic mass is 32.2. The van der Waals surface area contributed by atoms with Gasteiger partial charge in [-0.05, 0) is 42.5 Å². The molecule has 6 heteroatoms. The van der Waals surface area contributed by atoms with Crippen molar-refractivity contribution in [2.24, 2.45) is 11.7 Å². The third-order valence-electron chi connectivity index (χ3n) is 5.07. The van der Waals surface area contributed by atoms with Crippen LogP contribution in [0.25, 0.3) is 10.9 Å². The number of thioether (sulfide) groups is 1. The lowest BCUT2D eigenvalue weighted by Crippen LogP contribution is -2.56. The molecular weight excluding hydrogens is 322 g/mol. The molecule has 4 rings (SSSR count). The molecule has 1 fully saturated rings. The van der Waals surface area contributed by atoms with Gasteiger partial charge in [-0.1, -0.05) is 0 Å². The number of primary amides is 1. The van der Waals surface area contributed by atoms with Crippen LogP contribution in [0, 0.1) is 5.92 Å². The Hall–Kier alpha value is -1.79. The molecule has 0 bridgehead atoms. The lowest BCUT2D eigenvalue weighted by Gasteiger charge is -2.41. The Morgan fingerprint density at radius 2 is 2.38 bits per heavy atom. The van der Waals surface area contributed by atoms with Gasteiger partial charge in [-0.25, -0.2) is 0 Å². The highest BCUT2D eigenvalue weighted by molar-refractivity contribution is 7.99. The number of likely N-dealkylation sites (tertiary alicyclic amines) is 1. The van der Waals surface area contributed by atoms with Crippen molar-refractivity contribution >= 4 is 28.6 Å². The molecule has 2 aliphatic heterocycles. The van der Waals surface area contributed by atoms with Crippen LogP contribution in [0.1, 0.15) is 12.0 Å². The first-order valence-electron chi connectivity index (χ1n) is 8.27. The Bertz CT molecular complexity index is 790. The monoisotopic (exact) mass is 343 g/mol. The molecule has 2 aliphatic rings. The number of hydrogen-bond donors (Lipinski definition) is 1. The summed E-state index contributed by atoms with van der Waals surface area (Å²) in [6, 6.07) is 5.99. The summed E-state index contributed by atoms with van der Waals surface area (Å²) in [4.78, 5) is 19.5. The number of pyridine rings is 1. The quantitative estimate of drug-likeness (QED) is 0.920. The van der Waals surface area contributed by atoms with Gasteiger partial charge in [0.2, 0.25) is 5.91 Å². The summed E-state index contributed by atoms with van der Waals surface area (Å²) in [6.45, 7) is 1.92. The first-order valence-corrected chi connectivity index (χ1v) is 9.26. The molecule has 24 heavy (non-hydrogen) atoms. The number of nitrogens with two attached hydrogens (primary N) is 1. The highest BCUT2D eigenvalue weighted by Crippen LogP contribution is 2.38. The molecule has 3 heterocycles. The average Bonchev–Trinajstić information content (AvgIpc) is 2.57. The molecule has 1 aromatic carbocycles. The molecular formula is C18H21N3O2S. The van der Waals surface area contributed by atoms with Crippen molar-refractivity contribution in [2.45, 2.75) is 23.8 Å². The lowest BCUT2D eigenvalue weighted by molar-refractivity contribution is -0.127. The van der Waals surface area contributed by atoms with Crippen molar-refractivity contribution in [1.82, 2.24) is 9.88 Å². The normalized spacial score (nSPS) is 23.5. The summed E-state index contributed by atoms with van der Waals surface area (Å²) in [7, 11) is 1.69. The smallest absolute Gasteiger partial charge is 0.234 e. The summed E-state index contributed by atoms with van der Waals surface area (Å²) in [6.07, 6.45) is 3.90. The maximum absolute atomic E-state index is 11.4. The second-order valence-electron chi connectivity index (χ2n) is 6.57. The average molecular weight is 343 g/mol. The Morgan fingerprint density at radius 1 is 1.50 bits per heavy atom. The van der Waals surface area contributed by atoms with Crippen LogP contribution in [-0.2, 0) is 11.2 Å². The number of ether oxygens (including phenoxy) is 1. The van der Waals surface area contributed by atoms with Crippen LogP contribution in [0.4, 0.5) is 0 Å². The van der Waals surface area contributed by atoms with Gasteiger partial charge in [-0.3, -0.25) is 14.7 Å². The predicted octanol–water partition coefficient (Wildman–Crippen LogP) is 2.07. The zero-order valence-electron chi connectivity index (χ0n) is 13.7. The Kier molecular flexibility index (Phi) is 4.10. The second kappa shape index (κ2) is 6.26. The van der Waals surface area contributed by atoms with Crippen LogP contribution >= 0.6 is 11.8 Å². The van der Waals surface area contributed by atoms with Crippen molar-refractivity contribution in [3.63, 3.8) is 0 Å². The fourth-order valence-electron chi connectivity index (χ4n) is 3.66. The van der Waals surface area contributed by atoms with Crippen LogP contribution in [0.15, 0.2) is 29.3 Å². The fraction of sp³-hybridized carbons (Fsp3) is 0.444. The minimum atomic E-state index is -0.190. The molecule has 1 aromatic heterocycles. The maximum atomic E-state index is 11.4. The number of nitrogens with zero attached hydrogens (tertiary/aromatic N) is 2. The number of aromatic nitrogens is 1. The molecule has 2 aromatic rings. The molecule has 1 amide bonds. The van der Waals surface area contributed by atoms with Gasteiger partial charge in [0.05, 0.1) is 18.7 Å². The van der Waals surface area contributed by atoms with E-state index < -0.39 is 0 Å². The number of carbonyl (C=O) groups is 1. The largest absolute Gasteiger partial charge is 0.497 e. The van der Waals surface area contributed by atoms with Crippen molar-refractivity contribution in [3.8, 4) is 5.75 Å². The summed E-state index contributed by atoms with van der Waals surface area (Å²) in [5, 5.41) is 1.18. The molecule has 5 nitrogen and oxygen atoms in total. The number of carbonyl (C=O) groups excluding carboxylic acids is 1. The minimum Gasteiger partial charge on any atom is -0.497 e.